The van der Waals surface area contributed by atoms with Gasteiger partial charge in [0.2, 0.25) is 5.91 Å². The van der Waals surface area contributed by atoms with Crippen molar-refractivity contribution in [3.05, 3.63) is 35.4 Å². The predicted octanol–water partition coefficient (Wildman–Crippen LogP) is 2.40. The van der Waals surface area contributed by atoms with Crippen LogP contribution in [0.15, 0.2) is 24.3 Å². The first-order chi connectivity index (χ1) is 10.0. The molecule has 0 bridgehead atoms. The minimum absolute atomic E-state index is 0.152. The van der Waals surface area contributed by atoms with E-state index in [9.17, 15) is 4.79 Å². The Morgan fingerprint density at radius 3 is 2.62 bits per heavy atom. The molecule has 0 spiro atoms. The number of nitrogens with zero attached hydrogens (tertiary/aromatic N) is 1. The van der Waals surface area contributed by atoms with E-state index in [2.05, 4.69) is 36.3 Å². The van der Waals surface area contributed by atoms with E-state index in [4.69, 9.17) is 5.84 Å². The number of rotatable bonds is 4. The second-order valence-corrected chi connectivity index (χ2v) is 6.43. The van der Waals surface area contributed by atoms with Gasteiger partial charge in [-0.2, -0.15) is 0 Å². The molecule has 3 N–H and O–H groups in total. The molecule has 1 fully saturated rings. The normalized spacial score (nSPS) is 24.6. The Morgan fingerprint density at radius 1 is 1.33 bits per heavy atom. The Hall–Kier alpha value is -1.39. The molecule has 0 radical (unpaired) electrons. The molecule has 4 heteroatoms. The summed E-state index contributed by atoms with van der Waals surface area (Å²) < 4.78 is 0. The van der Waals surface area contributed by atoms with Gasteiger partial charge in [0, 0.05) is 19.1 Å². The number of benzene rings is 1. The van der Waals surface area contributed by atoms with Crippen LogP contribution in [-0.2, 0) is 11.3 Å². The van der Waals surface area contributed by atoms with E-state index in [1.165, 1.54) is 24.9 Å². The molecule has 0 saturated carbocycles. The summed E-state index contributed by atoms with van der Waals surface area (Å²) in [7, 11) is 0. The third kappa shape index (κ3) is 4.05. The van der Waals surface area contributed by atoms with Crippen LogP contribution in [0, 0.1) is 5.92 Å². The number of nitrogens with two attached hydrogens (primary N) is 1. The van der Waals surface area contributed by atoms with E-state index in [1.54, 1.807) is 0 Å². The number of hydrogen-bond donors (Lipinski definition) is 2. The quantitative estimate of drug-likeness (QED) is 0.508. The number of carbonyl (C=O) groups excluding carboxylic acids is 1. The van der Waals surface area contributed by atoms with Crippen LogP contribution < -0.4 is 11.3 Å². The van der Waals surface area contributed by atoms with Gasteiger partial charge in [0.15, 0.2) is 0 Å². The van der Waals surface area contributed by atoms with Gasteiger partial charge in [0.25, 0.3) is 0 Å². The van der Waals surface area contributed by atoms with Crippen LogP contribution in [0.4, 0.5) is 0 Å². The smallest absolute Gasteiger partial charge is 0.241 e. The van der Waals surface area contributed by atoms with Gasteiger partial charge in [0.1, 0.15) is 0 Å². The van der Waals surface area contributed by atoms with Gasteiger partial charge in [-0.3, -0.25) is 15.1 Å². The van der Waals surface area contributed by atoms with Crippen LogP contribution in [0.2, 0.25) is 0 Å². The minimum Gasteiger partial charge on any atom is -0.296 e. The second kappa shape index (κ2) is 7.05. The van der Waals surface area contributed by atoms with Crippen molar-refractivity contribution in [2.75, 3.05) is 6.54 Å². The predicted molar refractivity (Wildman–Crippen MR) is 85.5 cm³/mol. The van der Waals surface area contributed by atoms with Crippen molar-refractivity contribution in [1.29, 1.82) is 0 Å². The maximum atomic E-state index is 11.5. The van der Waals surface area contributed by atoms with Crippen molar-refractivity contribution in [1.82, 2.24) is 10.3 Å². The lowest BCUT2D eigenvalue weighted by molar-refractivity contribution is -0.122. The molecule has 0 aromatic heterocycles. The molecule has 1 aromatic rings. The van der Waals surface area contributed by atoms with Crippen molar-refractivity contribution in [2.24, 2.45) is 11.8 Å². The summed E-state index contributed by atoms with van der Waals surface area (Å²) >= 11 is 0. The highest BCUT2D eigenvalue weighted by Crippen LogP contribution is 2.24. The van der Waals surface area contributed by atoms with E-state index < -0.39 is 0 Å². The minimum atomic E-state index is -0.210. The van der Waals surface area contributed by atoms with E-state index in [0.717, 1.165) is 18.0 Å². The summed E-state index contributed by atoms with van der Waals surface area (Å²) in [6, 6.07) is 8.98. The summed E-state index contributed by atoms with van der Waals surface area (Å²) in [5.41, 5.74) is 4.51. The number of likely N-dealkylation sites (tertiary alicyclic amines) is 1. The van der Waals surface area contributed by atoms with E-state index in [0.29, 0.717) is 6.04 Å². The molecular weight excluding hydrogens is 262 g/mol. The Balaban J connectivity index is 2.00. The van der Waals surface area contributed by atoms with Gasteiger partial charge in [-0.15, -0.1) is 0 Å². The zero-order valence-corrected chi connectivity index (χ0v) is 13.3. The van der Waals surface area contributed by atoms with Crippen LogP contribution in [0.5, 0.6) is 0 Å². The monoisotopic (exact) mass is 289 g/mol. The highest BCUT2D eigenvalue weighted by Gasteiger charge is 2.22. The van der Waals surface area contributed by atoms with Gasteiger partial charge in [-0.05, 0) is 43.7 Å². The van der Waals surface area contributed by atoms with E-state index >= 15 is 0 Å². The van der Waals surface area contributed by atoms with Gasteiger partial charge >= 0.3 is 0 Å². The number of amides is 1. The number of hydrazine groups is 1. The molecule has 3 atom stereocenters. The van der Waals surface area contributed by atoms with Crippen molar-refractivity contribution in [2.45, 2.75) is 52.1 Å². The largest absolute Gasteiger partial charge is 0.296 e. The van der Waals surface area contributed by atoms with Gasteiger partial charge in [0.05, 0.1) is 5.92 Å². The topological polar surface area (TPSA) is 58.4 Å². The molecule has 21 heavy (non-hydrogen) atoms. The summed E-state index contributed by atoms with van der Waals surface area (Å²) in [5.74, 6) is 5.61. The molecule has 1 aliphatic rings. The Kier molecular flexibility index (Phi) is 5.37. The molecule has 4 nitrogen and oxygen atoms in total. The van der Waals surface area contributed by atoms with E-state index in [-0.39, 0.29) is 11.8 Å². The van der Waals surface area contributed by atoms with Crippen LogP contribution in [0.25, 0.3) is 0 Å². The summed E-state index contributed by atoms with van der Waals surface area (Å²) in [6.45, 7) is 8.67. The highest BCUT2D eigenvalue weighted by atomic mass is 16.2. The first kappa shape index (κ1) is 16.0. The third-order valence-corrected chi connectivity index (χ3v) is 4.65. The van der Waals surface area contributed by atoms with Crippen LogP contribution in [-0.4, -0.2) is 23.4 Å². The lowest BCUT2D eigenvalue weighted by Gasteiger charge is -2.36. The average Bonchev–Trinajstić information content (AvgIpc) is 2.50. The number of nitrogens with one attached hydrogen (secondary N) is 1. The van der Waals surface area contributed by atoms with Gasteiger partial charge in [-0.1, -0.05) is 31.2 Å². The van der Waals surface area contributed by atoms with Crippen LogP contribution in [0.3, 0.4) is 0 Å². The van der Waals surface area contributed by atoms with Crippen LogP contribution in [0.1, 0.15) is 50.7 Å². The van der Waals surface area contributed by atoms with Crippen molar-refractivity contribution < 1.29 is 4.79 Å². The summed E-state index contributed by atoms with van der Waals surface area (Å²) in [6.07, 6.45) is 2.62. The lowest BCUT2D eigenvalue weighted by Crippen LogP contribution is -2.40. The molecule has 116 valence electrons. The first-order valence-electron chi connectivity index (χ1n) is 7.84. The molecule has 2 rings (SSSR count). The van der Waals surface area contributed by atoms with Crippen molar-refractivity contribution in [3.8, 4) is 0 Å². The third-order valence-electron chi connectivity index (χ3n) is 4.65. The number of piperidine rings is 1. The summed E-state index contributed by atoms with van der Waals surface area (Å²) in [5, 5.41) is 0. The zero-order valence-electron chi connectivity index (χ0n) is 13.3. The molecule has 1 aromatic carbocycles. The second-order valence-electron chi connectivity index (χ2n) is 6.43. The Morgan fingerprint density at radius 2 is 2.00 bits per heavy atom. The lowest BCUT2D eigenvalue weighted by atomic mass is 9.94. The maximum Gasteiger partial charge on any atom is 0.241 e. The molecule has 0 aliphatic carbocycles. The summed E-state index contributed by atoms with van der Waals surface area (Å²) in [4.78, 5) is 14.1. The fourth-order valence-corrected chi connectivity index (χ4v) is 3.02. The fourth-order valence-electron chi connectivity index (χ4n) is 3.02. The average molecular weight is 289 g/mol. The molecule has 1 amide bonds. The van der Waals surface area contributed by atoms with Gasteiger partial charge < -0.3 is 0 Å². The van der Waals surface area contributed by atoms with Crippen molar-refractivity contribution >= 4 is 5.91 Å². The molecule has 1 heterocycles. The van der Waals surface area contributed by atoms with E-state index in [1.807, 2.05) is 19.1 Å². The zero-order chi connectivity index (χ0) is 15.4. The molecule has 3 unspecified atom stereocenters. The fraction of sp³-hybridized carbons (Fsp3) is 0.588. The Bertz CT molecular complexity index is 471. The number of hydrogen-bond acceptors (Lipinski definition) is 3. The molecule has 1 aliphatic heterocycles. The highest BCUT2D eigenvalue weighted by molar-refractivity contribution is 5.82. The number of carbonyl (C=O) groups is 1. The standard InChI is InChI=1S/C17H27N3O/c1-12-4-5-13(2)20(10-12)11-15-6-8-16(9-7-15)14(3)17(21)19-18/h6-9,12-14H,4-5,10-11,18H2,1-3H3,(H,19,21). The molecule has 1 saturated heterocycles. The first-order valence-corrected chi connectivity index (χ1v) is 7.84. The Labute approximate surface area is 127 Å². The maximum absolute atomic E-state index is 11.5. The van der Waals surface area contributed by atoms with Gasteiger partial charge in [-0.25, -0.2) is 5.84 Å². The van der Waals surface area contributed by atoms with Crippen molar-refractivity contribution in [3.63, 3.8) is 0 Å². The molecular formula is C17H27N3O. The SMILES string of the molecule is CC1CCC(C)N(Cc2ccc(C(C)C(=O)NN)cc2)C1. The van der Waals surface area contributed by atoms with Crippen LogP contribution >= 0.6 is 0 Å².